The van der Waals surface area contributed by atoms with Crippen molar-refractivity contribution in [2.75, 3.05) is 17.2 Å². The number of guanidine groups is 1. The molecule has 74 heavy (non-hydrogen) atoms. The molecule has 0 bridgehead atoms. The van der Waals surface area contributed by atoms with Gasteiger partial charge in [-0.05, 0) is 53.9 Å². The molecule has 0 aliphatic carbocycles. The third-order valence-corrected chi connectivity index (χ3v) is 11.8. The average Bonchev–Trinajstić information content (AvgIpc) is 3.31. The molecule has 0 fully saturated rings. The largest absolute Gasteiger partial charge is 0.416 e. The van der Waals surface area contributed by atoms with Gasteiger partial charge in [0, 0.05) is 24.2 Å². The molecular formula is C53H66F12N7O2+. The SMILES string of the molecule is CCCCCCCCCCCCCCCCCC[NH+]=C(N[C@H](Cc1ccccc1)NC(=O)Nc1cc(C(F)(F)F)cc(C(F)(F)F)c1)N[C@H](Cc1ccccc1)NC(=O)Nc1cc(C(F)(F)F)cc(C(F)(F)F)c1. The quantitative estimate of drug-likeness (QED) is 0.0106. The van der Waals surface area contributed by atoms with Crippen molar-refractivity contribution in [3.8, 4) is 0 Å². The maximum Gasteiger partial charge on any atom is 0.416 e. The van der Waals surface area contributed by atoms with Crippen molar-refractivity contribution in [3.05, 3.63) is 130 Å². The predicted octanol–water partition coefficient (Wildman–Crippen LogP) is 13.7. The summed E-state index contributed by atoms with van der Waals surface area (Å²) in [5.41, 5.74) is -7.04. The second kappa shape index (κ2) is 29.7. The highest BCUT2D eigenvalue weighted by Crippen LogP contribution is 2.39. The third-order valence-electron chi connectivity index (χ3n) is 11.8. The summed E-state index contributed by atoms with van der Waals surface area (Å²) in [5, 5.41) is 15.4. The van der Waals surface area contributed by atoms with Crippen LogP contribution in [-0.2, 0) is 37.5 Å². The monoisotopic (exact) mass is 1060 g/mol. The first-order valence-electron chi connectivity index (χ1n) is 25.0. The number of rotatable bonds is 27. The Morgan fingerprint density at radius 1 is 0.419 bits per heavy atom. The van der Waals surface area contributed by atoms with Gasteiger partial charge in [0.05, 0.1) is 28.8 Å². The number of halogens is 12. The lowest BCUT2D eigenvalue weighted by Gasteiger charge is -2.23. The van der Waals surface area contributed by atoms with Gasteiger partial charge in [0.2, 0.25) is 0 Å². The molecule has 21 heteroatoms. The standard InChI is InChI=1S/C53H65F12N7O2/c1-2-3-4-5-6-7-8-9-10-11-12-13-14-15-16-23-28-66-47(69-45(29-37-24-19-17-20-25-37)71-48(73)67-43-33-39(50(54,55)56)31-40(34-43)51(57,58)59)70-46(30-38-26-21-18-22-27-38)72-49(74)68-44-35-41(52(60,61)62)32-42(36-44)53(63,64)65/h17-22,24-27,31-36,45-46H,2-16,23,28-30H2,1H3,(H2,66,69,70)(H2,67,71,73)(H2,68,72,74)/p+1/t45-,46-/m0/s1. The summed E-state index contributed by atoms with van der Waals surface area (Å²) in [4.78, 5) is 30.2. The number of hydrogen-bond acceptors (Lipinski definition) is 2. The first-order chi connectivity index (χ1) is 35.0. The van der Waals surface area contributed by atoms with Crippen LogP contribution >= 0.6 is 0 Å². The van der Waals surface area contributed by atoms with E-state index in [4.69, 9.17) is 0 Å². The summed E-state index contributed by atoms with van der Waals surface area (Å²) in [6.07, 6.45) is -5.13. The molecule has 0 heterocycles. The second-order valence-electron chi connectivity index (χ2n) is 18.2. The first kappa shape index (κ1) is 60.4. The van der Waals surface area contributed by atoms with Crippen LogP contribution in [0.5, 0.6) is 0 Å². The predicted molar refractivity (Wildman–Crippen MR) is 262 cm³/mol. The Bertz CT molecular complexity index is 2120. The third kappa shape index (κ3) is 23.4. The minimum Gasteiger partial charge on any atom is -0.308 e. The molecule has 408 valence electrons. The zero-order valence-electron chi connectivity index (χ0n) is 41.2. The Balaban J connectivity index is 1.56. The molecule has 0 saturated carbocycles. The van der Waals surface area contributed by atoms with E-state index >= 15 is 0 Å². The summed E-state index contributed by atoms with van der Waals surface area (Å²) >= 11 is 0. The average molecular weight is 1060 g/mol. The van der Waals surface area contributed by atoms with E-state index in [1.807, 2.05) is 0 Å². The molecule has 0 unspecified atom stereocenters. The van der Waals surface area contributed by atoms with Crippen molar-refractivity contribution >= 4 is 29.4 Å². The minimum absolute atomic E-state index is 0.0327. The molecule has 0 spiro atoms. The zero-order chi connectivity index (χ0) is 54.2. The van der Waals surface area contributed by atoms with E-state index < -0.39 is 82.7 Å². The summed E-state index contributed by atoms with van der Waals surface area (Å²) < 4.78 is 164. The van der Waals surface area contributed by atoms with Crippen LogP contribution in [0.25, 0.3) is 0 Å². The highest BCUT2D eigenvalue weighted by molar-refractivity contribution is 5.91. The van der Waals surface area contributed by atoms with Crippen molar-refractivity contribution in [3.63, 3.8) is 0 Å². The summed E-state index contributed by atoms with van der Waals surface area (Å²) in [7, 11) is 0. The molecule has 7 N–H and O–H groups in total. The van der Waals surface area contributed by atoms with Gasteiger partial charge in [0.15, 0.2) is 12.3 Å². The van der Waals surface area contributed by atoms with Gasteiger partial charge >= 0.3 is 42.7 Å². The fraction of sp³-hybridized carbons (Fsp3) is 0.491. The van der Waals surface area contributed by atoms with Gasteiger partial charge in [-0.2, -0.15) is 52.7 Å². The van der Waals surface area contributed by atoms with Gasteiger partial charge in [0.25, 0.3) is 0 Å². The molecule has 0 aromatic heterocycles. The fourth-order valence-corrected chi connectivity index (χ4v) is 8.06. The Morgan fingerprint density at radius 3 is 1.01 bits per heavy atom. The maximum absolute atomic E-state index is 13.7. The molecule has 0 aliphatic rings. The van der Waals surface area contributed by atoms with E-state index in [0.29, 0.717) is 41.8 Å². The highest BCUT2D eigenvalue weighted by atomic mass is 19.4. The molecule has 0 saturated heterocycles. The van der Waals surface area contributed by atoms with Crippen LogP contribution in [0.1, 0.15) is 143 Å². The molecule has 4 aromatic carbocycles. The number of carbonyl (C=O) groups is 2. The Kier molecular flexibility index (Phi) is 24.2. The summed E-state index contributed by atoms with van der Waals surface area (Å²) in [6.45, 7) is 2.50. The van der Waals surface area contributed by atoms with E-state index in [0.717, 1.165) is 32.1 Å². The van der Waals surface area contributed by atoms with E-state index in [1.165, 1.54) is 64.2 Å². The Labute approximate surface area is 424 Å². The van der Waals surface area contributed by atoms with Crippen LogP contribution in [0.15, 0.2) is 97.1 Å². The molecule has 4 amide bonds. The van der Waals surface area contributed by atoms with Crippen molar-refractivity contribution in [1.29, 1.82) is 0 Å². The number of carbonyl (C=O) groups excluding carboxylic acids is 2. The molecule has 4 aromatic rings. The van der Waals surface area contributed by atoms with Crippen molar-refractivity contribution in [2.24, 2.45) is 0 Å². The van der Waals surface area contributed by atoms with Crippen LogP contribution in [0.4, 0.5) is 73.6 Å². The normalized spacial score (nSPS) is 12.9. The summed E-state index contributed by atoms with van der Waals surface area (Å²) in [6, 6.07) is 15.7. The Morgan fingerprint density at radius 2 is 0.716 bits per heavy atom. The number of alkyl halides is 12. The Hall–Kier alpha value is -6.15. The summed E-state index contributed by atoms with van der Waals surface area (Å²) in [5.74, 6) is 0.0327. The molecule has 0 radical (unpaired) electrons. The van der Waals surface area contributed by atoms with E-state index in [9.17, 15) is 62.3 Å². The lowest BCUT2D eigenvalue weighted by atomic mass is 10.0. The molecule has 9 nitrogen and oxygen atoms in total. The van der Waals surface area contributed by atoms with E-state index in [-0.39, 0.29) is 37.5 Å². The topological polar surface area (TPSA) is 120 Å². The molecule has 4 rings (SSSR count). The van der Waals surface area contributed by atoms with Crippen LogP contribution in [0.2, 0.25) is 0 Å². The van der Waals surface area contributed by atoms with Crippen LogP contribution in [0.3, 0.4) is 0 Å². The first-order valence-corrected chi connectivity index (χ1v) is 25.0. The van der Waals surface area contributed by atoms with Crippen LogP contribution < -0.4 is 36.9 Å². The molecular weight excluding hydrogens is 995 g/mol. The maximum atomic E-state index is 13.7. The van der Waals surface area contributed by atoms with Gasteiger partial charge in [-0.1, -0.05) is 164 Å². The number of unbranched alkanes of at least 4 members (excludes halogenated alkanes) is 15. The van der Waals surface area contributed by atoms with Gasteiger partial charge in [0.1, 0.15) is 0 Å². The lowest BCUT2D eigenvalue weighted by molar-refractivity contribution is -0.463. The lowest BCUT2D eigenvalue weighted by Crippen LogP contribution is -2.82. The highest BCUT2D eigenvalue weighted by Gasteiger charge is 2.39. The number of hydrogen-bond donors (Lipinski definition) is 7. The molecule has 0 aliphatic heterocycles. The fourth-order valence-electron chi connectivity index (χ4n) is 8.06. The number of anilines is 2. The van der Waals surface area contributed by atoms with Crippen molar-refractivity contribution in [1.82, 2.24) is 21.3 Å². The number of benzene rings is 4. The van der Waals surface area contributed by atoms with Gasteiger partial charge < -0.3 is 21.3 Å². The number of amides is 4. The van der Waals surface area contributed by atoms with E-state index in [1.54, 1.807) is 60.7 Å². The van der Waals surface area contributed by atoms with Gasteiger partial charge in [-0.25, -0.2) is 9.59 Å². The smallest absolute Gasteiger partial charge is 0.308 e. The van der Waals surface area contributed by atoms with Crippen LogP contribution in [0, 0.1) is 0 Å². The van der Waals surface area contributed by atoms with Gasteiger partial charge in [-0.3, -0.25) is 15.6 Å². The molecule has 2 atom stereocenters. The second-order valence-corrected chi connectivity index (χ2v) is 18.2. The number of nitrogens with one attached hydrogen (secondary N) is 7. The van der Waals surface area contributed by atoms with Crippen molar-refractivity contribution < 1.29 is 67.3 Å². The van der Waals surface area contributed by atoms with E-state index in [2.05, 4.69) is 43.8 Å². The minimum atomic E-state index is -5.19. The van der Waals surface area contributed by atoms with Crippen LogP contribution in [-0.4, -0.2) is 36.9 Å². The number of urea groups is 2. The van der Waals surface area contributed by atoms with Gasteiger partial charge in [-0.15, -0.1) is 0 Å². The van der Waals surface area contributed by atoms with Crippen molar-refractivity contribution in [2.45, 2.75) is 160 Å². The zero-order valence-corrected chi connectivity index (χ0v) is 41.2.